The first-order valence-corrected chi connectivity index (χ1v) is 47.7. The van der Waals surface area contributed by atoms with E-state index in [1.165, 1.54) is 120 Å². The molecule has 538 valence electrons. The van der Waals surface area contributed by atoms with Crippen LogP contribution in [0.25, 0.3) is 160 Å². The number of hydrogen-bond donors (Lipinski definition) is 0. The highest BCUT2D eigenvalue weighted by atomic mass is 28.3. The molecule has 0 atom stereocenters. The van der Waals surface area contributed by atoms with E-state index in [0.29, 0.717) is 17.0 Å². The largest absolute Gasteiger partial charge is 0.309 e. The second-order valence-corrected chi connectivity index (χ2v) is 44.4. The molecule has 3 aliphatic heterocycles. The third-order valence-electron chi connectivity index (χ3n) is 24.2. The van der Waals surface area contributed by atoms with Gasteiger partial charge in [0.05, 0.1) is 44.4 Å². The molecular weight excluding hydrogens is 1440 g/mol. The van der Waals surface area contributed by atoms with Gasteiger partial charge >= 0.3 is 0 Å². The fourth-order valence-electron chi connectivity index (χ4n) is 19.2. The monoisotopic (exact) mass is 1510 g/mol. The molecule has 9 heterocycles. The minimum atomic E-state index is -1.90. The summed E-state index contributed by atoms with van der Waals surface area (Å²) < 4.78 is 7.22. The van der Waals surface area contributed by atoms with Crippen LogP contribution in [0.4, 0.5) is 0 Å². The highest BCUT2D eigenvalue weighted by Gasteiger charge is 2.43. The van der Waals surface area contributed by atoms with Gasteiger partial charge in [-0.05, 0) is 202 Å². The first-order chi connectivity index (χ1) is 55.7. The quantitative estimate of drug-likeness (QED) is 0.146. The Labute approximate surface area is 664 Å². The Morgan fingerprint density at radius 3 is 1.12 bits per heavy atom. The van der Waals surface area contributed by atoms with Gasteiger partial charge in [0.1, 0.15) is 53.8 Å². The van der Waals surface area contributed by atoms with Gasteiger partial charge in [0, 0.05) is 79.1 Å². The van der Waals surface area contributed by atoms with E-state index >= 15 is 0 Å². The van der Waals surface area contributed by atoms with E-state index in [2.05, 4.69) is 359 Å². The average molecular weight is 1510 g/mol. The van der Waals surface area contributed by atoms with Crippen molar-refractivity contribution >= 4 is 121 Å². The van der Waals surface area contributed by atoms with Crippen LogP contribution in [0.3, 0.4) is 0 Å². The number of nitriles is 3. The topological polar surface area (TPSA) is 125 Å². The summed E-state index contributed by atoms with van der Waals surface area (Å²) in [6, 6.07) is 119. The molecule has 12 heteroatoms. The zero-order chi connectivity index (χ0) is 77.3. The van der Waals surface area contributed by atoms with Gasteiger partial charge in [-0.2, -0.15) is 15.8 Å². The number of fused-ring (bicyclic) bond motifs is 21. The molecule has 22 rings (SSSR count). The van der Waals surface area contributed by atoms with Gasteiger partial charge in [-0.25, -0.2) is 9.97 Å². The van der Waals surface area contributed by atoms with Gasteiger partial charge < -0.3 is 13.7 Å². The van der Waals surface area contributed by atoms with Crippen LogP contribution < -0.4 is 31.1 Å². The van der Waals surface area contributed by atoms with E-state index in [9.17, 15) is 15.8 Å². The van der Waals surface area contributed by atoms with Crippen molar-refractivity contribution in [1.29, 1.82) is 15.8 Å². The fourth-order valence-corrected chi connectivity index (χ4v) is 29.6. The third-order valence-corrected chi connectivity index (χ3v) is 34.8. The summed E-state index contributed by atoms with van der Waals surface area (Å²) in [4.78, 5) is 12.8. The molecule has 0 bridgehead atoms. The molecule has 0 radical (unpaired) electrons. The van der Waals surface area contributed by atoms with Crippen LogP contribution >= 0.6 is 0 Å². The van der Waals surface area contributed by atoms with Crippen LogP contribution in [-0.2, 0) is 0 Å². The normalized spacial score (nSPS) is 13.4. The maximum Gasteiger partial charge on any atom is 0.141 e. The van der Waals surface area contributed by atoms with Crippen LogP contribution in [-0.4, -0.2) is 52.9 Å². The molecule has 19 aromatic rings. The number of aromatic nitrogens is 6. The van der Waals surface area contributed by atoms with Crippen molar-refractivity contribution < 1.29 is 0 Å². The summed E-state index contributed by atoms with van der Waals surface area (Å²) in [6.45, 7) is 14.9. The first-order valence-electron chi connectivity index (χ1n) is 38.7. The Hall–Kier alpha value is -14.2. The Morgan fingerprint density at radius 1 is 0.281 bits per heavy atom. The summed E-state index contributed by atoms with van der Waals surface area (Å²) >= 11 is 0. The number of benzene rings is 13. The maximum atomic E-state index is 9.64. The summed E-state index contributed by atoms with van der Waals surface area (Å²) in [5, 5.41) is 45.6. The van der Waals surface area contributed by atoms with Gasteiger partial charge in [-0.15, -0.1) is 0 Å². The number of rotatable bonds is 7. The molecule has 0 N–H and O–H groups in total. The fraction of sp³-hybridized carbons (Fsp3) is 0.0588. The lowest BCUT2D eigenvalue weighted by atomic mass is 10.0. The predicted molar refractivity (Wildman–Crippen MR) is 478 cm³/mol. The predicted octanol–water partition coefficient (Wildman–Crippen LogP) is 21.2. The summed E-state index contributed by atoms with van der Waals surface area (Å²) in [5.74, 6) is 0. The van der Waals surface area contributed by atoms with Gasteiger partial charge in [0.25, 0.3) is 0 Å². The molecule has 0 spiro atoms. The molecule has 6 aromatic heterocycles. The van der Waals surface area contributed by atoms with Gasteiger partial charge in [-0.1, -0.05) is 246 Å². The Kier molecular flexibility index (Phi) is 16.2. The van der Waals surface area contributed by atoms with Gasteiger partial charge in [0.15, 0.2) is 0 Å². The highest BCUT2D eigenvalue weighted by Crippen LogP contribution is 2.44. The minimum Gasteiger partial charge on any atom is -0.309 e. The SMILES string of the molecule is C[Si]1(C)c2ccccc2-c2ccc3c(c21)c1ccccc1n3-c1cccc(-c2cccc(-c3cccc(C#N)n3)c2)c1.C[Si]1(C)c2ccccc2-c2ccc3c(c21)c1ccccc1n3-c1cccc(-c2ccnc(C#N)c2)c1.C[Si]1(C)c2ccccc2-c2ccc3c(c21)c1ccccc1n3-c1cccc(-c2ccncc2C#N)c1. The lowest BCUT2D eigenvalue weighted by Crippen LogP contribution is -2.49. The van der Waals surface area contributed by atoms with Crippen LogP contribution in [0, 0.1) is 34.0 Å². The van der Waals surface area contributed by atoms with Crippen LogP contribution in [0.1, 0.15) is 17.0 Å². The zero-order valence-corrected chi connectivity index (χ0v) is 66.8. The molecule has 0 amide bonds. The molecule has 0 aliphatic carbocycles. The number of hydrogen-bond acceptors (Lipinski definition) is 6. The standard InChI is InChI=1S/C38H27N3Si.2C32H23N3Si/c1-42(2)36-19-6-4-15-30(36)31-20-21-35-37(38(31)42)32-16-3-5-18-34(32)41(35)29-14-8-11-26(23-29)25-10-7-12-27(22-25)33-17-9-13-28(24-39)40-33;1-36(2)30-13-6-4-10-25(30)26-14-15-29-31(32(26)36)27-11-3-5-12-28(27)35(29)24-9-7-8-21(19-24)22-16-17-34-23(18-22)20-33;1-36(2)30-13-6-4-10-25(30)26-14-15-29-31(32(26)36)27-11-3-5-12-28(27)35(29)23-9-7-8-21(18-23)24-16-17-34-20-22(24)19-33/h3-23H,1-2H3;3-19H,1-2H3;3-18,20H,1-2H3. The van der Waals surface area contributed by atoms with E-state index in [0.717, 1.165) is 61.7 Å². The molecule has 3 aliphatic rings. The first kappa shape index (κ1) is 69.1. The second kappa shape index (κ2) is 26.8. The van der Waals surface area contributed by atoms with Crippen molar-refractivity contribution in [3.8, 4) is 113 Å². The van der Waals surface area contributed by atoms with Crippen LogP contribution in [0.15, 0.2) is 334 Å². The van der Waals surface area contributed by atoms with Gasteiger partial charge in [-0.3, -0.25) is 4.98 Å². The van der Waals surface area contributed by atoms with Crippen molar-refractivity contribution in [3.63, 3.8) is 0 Å². The Bertz CT molecular complexity index is 7420. The molecular formula is C102H73N9Si3. The Balaban J connectivity index is 0.000000111. The maximum absolute atomic E-state index is 9.64. The number of para-hydroxylation sites is 3. The van der Waals surface area contributed by atoms with Crippen LogP contribution in [0.5, 0.6) is 0 Å². The number of pyridine rings is 3. The van der Waals surface area contributed by atoms with Crippen molar-refractivity contribution in [2.45, 2.75) is 39.3 Å². The molecule has 0 fully saturated rings. The summed E-state index contributed by atoms with van der Waals surface area (Å²) in [5.41, 5.74) is 28.6. The highest BCUT2D eigenvalue weighted by molar-refractivity contribution is 7.06. The average Bonchev–Trinajstić information content (AvgIpc) is 1.55. The molecule has 13 aromatic carbocycles. The molecule has 114 heavy (non-hydrogen) atoms. The molecule has 9 nitrogen and oxygen atoms in total. The van der Waals surface area contributed by atoms with E-state index in [1.807, 2.05) is 36.4 Å². The zero-order valence-electron chi connectivity index (χ0n) is 63.8. The van der Waals surface area contributed by atoms with E-state index in [-0.39, 0.29) is 0 Å². The van der Waals surface area contributed by atoms with Crippen LogP contribution in [0.2, 0.25) is 39.3 Å². The Morgan fingerprint density at radius 2 is 0.667 bits per heavy atom. The van der Waals surface area contributed by atoms with Crippen molar-refractivity contribution in [2.24, 2.45) is 0 Å². The minimum absolute atomic E-state index is 0.423. The van der Waals surface area contributed by atoms with Gasteiger partial charge in [0.2, 0.25) is 0 Å². The van der Waals surface area contributed by atoms with Crippen molar-refractivity contribution in [1.82, 2.24) is 28.7 Å². The van der Waals surface area contributed by atoms with Crippen molar-refractivity contribution in [2.75, 3.05) is 0 Å². The number of nitrogens with zero attached hydrogens (tertiary/aromatic N) is 9. The lowest BCUT2D eigenvalue weighted by molar-refractivity contribution is 1.18. The second-order valence-electron chi connectivity index (χ2n) is 31.5. The molecule has 0 unspecified atom stereocenters. The van der Waals surface area contributed by atoms with E-state index < -0.39 is 24.2 Å². The molecule has 0 saturated carbocycles. The van der Waals surface area contributed by atoms with Crippen molar-refractivity contribution in [3.05, 3.63) is 351 Å². The van der Waals surface area contributed by atoms with E-state index in [4.69, 9.17) is 0 Å². The van der Waals surface area contributed by atoms with E-state index in [1.54, 1.807) is 35.0 Å². The molecule has 0 saturated heterocycles. The lowest BCUT2D eigenvalue weighted by Gasteiger charge is -2.20. The smallest absolute Gasteiger partial charge is 0.141 e. The summed E-state index contributed by atoms with van der Waals surface area (Å²) in [6.07, 6.45) is 5.09. The summed E-state index contributed by atoms with van der Waals surface area (Å²) in [7, 11) is -5.66. The third kappa shape index (κ3) is 10.8.